The summed E-state index contributed by atoms with van der Waals surface area (Å²) in [4.78, 5) is 25.5. The zero-order chi connectivity index (χ0) is 19.4. The van der Waals surface area contributed by atoms with Gasteiger partial charge in [-0.15, -0.1) is 0 Å². The standard InChI is InChI=1S/C21H30N2O4/c1-14(16-5-7-19(27-2)8-6-16)9-20(24)22-17-10-18(11-17)23(13-21(25)26)12-15-3-4-15/h5-8,14-15,17-18H,3-4,9-13H2,1-2H3,(H,22,24)(H,25,26). The number of ether oxygens (including phenoxy) is 1. The lowest BCUT2D eigenvalue weighted by Gasteiger charge is -2.42. The Balaban J connectivity index is 1.41. The van der Waals surface area contributed by atoms with Crippen molar-refractivity contribution in [3.63, 3.8) is 0 Å². The van der Waals surface area contributed by atoms with E-state index in [-0.39, 0.29) is 30.5 Å². The first-order valence-corrected chi connectivity index (χ1v) is 9.83. The van der Waals surface area contributed by atoms with Crippen LogP contribution in [0.2, 0.25) is 0 Å². The highest BCUT2D eigenvalue weighted by Crippen LogP contribution is 2.34. The van der Waals surface area contributed by atoms with Gasteiger partial charge in [0.25, 0.3) is 0 Å². The number of carbonyl (C=O) groups is 2. The molecule has 0 aromatic heterocycles. The Labute approximate surface area is 160 Å². The van der Waals surface area contributed by atoms with E-state index in [0.717, 1.165) is 30.7 Å². The molecule has 6 heteroatoms. The number of carboxylic acids is 1. The molecule has 0 radical (unpaired) electrons. The fourth-order valence-electron chi connectivity index (χ4n) is 3.77. The summed E-state index contributed by atoms with van der Waals surface area (Å²) >= 11 is 0. The number of hydrogen-bond acceptors (Lipinski definition) is 4. The minimum absolute atomic E-state index is 0.0637. The molecule has 2 aliphatic rings. The van der Waals surface area contributed by atoms with Crippen LogP contribution in [0.25, 0.3) is 0 Å². The number of carboxylic acid groups (broad SMARTS) is 1. The number of methoxy groups -OCH3 is 1. The summed E-state index contributed by atoms with van der Waals surface area (Å²) in [5.74, 6) is 0.923. The average molecular weight is 374 g/mol. The van der Waals surface area contributed by atoms with Crippen LogP contribution in [0.3, 0.4) is 0 Å². The summed E-state index contributed by atoms with van der Waals surface area (Å²) in [5.41, 5.74) is 1.12. The minimum Gasteiger partial charge on any atom is -0.497 e. The van der Waals surface area contributed by atoms with Crippen LogP contribution in [0, 0.1) is 5.92 Å². The minimum atomic E-state index is -0.767. The largest absolute Gasteiger partial charge is 0.497 e. The maximum absolute atomic E-state index is 12.4. The molecule has 1 unspecified atom stereocenters. The molecule has 2 saturated carbocycles. The van der Waals surface area contributed by atoms with Crippen LogP contribution >= 0.6 is 0 Å². The highest BCUT2D eigenvalue weighted by Gasteiger charge is 2.37. The molecule has 2 fully saturated rings. The van der Waals surface area contributed by atoms with E-state index in [1.165, 1.54) is 12.8 Å². The van der Waals surface area contributed by atoms with E-state index in [0.29, 0.717) is 12.3 Å². The van der Waals surface area contributed by atoms with Crippen molar-refractivity contribution in [2.24, 2.45) is 5.92 Å². The van der Waals surface area contributed by atoms with Gasteiger partial charge in [0.2, 0.25) is 5.91 Å². The molecular formula is C21H30N2O4. The highest BCUT2D eigenvalue weighted by molar-refractivity contribution is 5.77. The van der Waals surface area contributed by atoms with Crippen molar-refractivity contribution in [1.29, 1.82) is 0 Å². The molecule has 6 nitrogen and oxygen atoms in total. The van der Waals surface area contributed by atoms with Crippen LogP contribution in [0.1, 0.15) is 50.5 Å². The quantitative estimate of drug-likeness (QED) is 0.658. The van der Waals surface area contributed by atoms with E-state index in [9.17, 15) is 9.59 Å². The lowest BCUT2D eigenvalue weighted by Crippen LogP contribution is -2.55. The van der Waals surface area contributed by atoms with Gasteiger partial charge in [0.05, 0.1) is 13.7 Å². The molecule has 0 heterocycles. The van der Waals surface area contributed by atoms with E-state index >= 15 is 0 Å². The van der Waals surface area contributed by atoms with Gasteiger partial charge in [0.1, 0.15) is 5.75 Å². The number of aliphatic carboxylic acids is 1. The molecule has 0 saturated heterocycles. The summed E-state index contributed by atoms with van der Waals surface area (Å²) in [6.07, 6.45) is 4.58. The molecular weight excluding hydrogens is 344 g/mol. The van der Waals surface area contributed by atoms with Crippen LogP contribution in [0.4, 0.5) is 0 Å². The fraction of sp³-hybridized carbons (Fsp3) is 0.619. The zero-order valence-corrected chi connectivity index (χ0v) is 16.2. The molecule has 1 aromatic rings. The third-order valence-electron chi connectivity index (χ3n) is 5.70. The summed E-state index contributed by atoms with van der Waals surface area (Å²) in [6, 6.07) is 8.27. The Bertz CT molecular complexity index is 651. The van der Waals surface area contributed by atoms with E-state index in [1.54, 1.807) is 7.11 Å². The van der Waals surface area contributed by atoms with E-state index in [2.05, 4.69) is 17.1 Å². The number of nitrogens with one attached hydrogen (secondary N) is 1. The normalized spacial score (nSPS) is 22.8. The maximum Gasteiger partial charge on any atom is 0.317 e. The SMILES string of the molecule is COc1ccc(C(C)CC(=O)NC2CC(N(CC(=O)O)CC3CC3)C2)cc1. The predicted molar refractivity (Wildman–Crippen MR) is 103 cm³/mol. The Morgan fingerprint density at radius 3 is 2.48 bits per heavy atom. The van der Waals surface area contributed by atoms with Crippen LogP contribution in [0.15, 0.2) is 24.3 Å². The van der Waals surface area contributed by atoms with Gasteiger partial charge in [0.15, 0.2) is 0 Å². The van der Waals surface area contributed by atoms with Gasteiger partial charge in [-0.2, -0.15) is 0 Å². The number of hydrogen-bond donors (Lipinski definition) is 2. The molecule has 0 spiro atoms. The molecule has 0 bridgehead atoms. The Morgan fingerprint density at radius 2 is 1.93 bits per heavy atom. The summed E-state index contributed by atoms with van der Waals surface area (Å²) < 4.78 is 5.17. The van der Waals surface area contributed by atoms with E-state index < -0.39 is 5.97 Å². The number of rotatable bonds is 10. The fourth-order valence-corrected chi connectivity index (χ4v) is 3.77. The molecule has 1 amide bonds. The molecule has 27 heavy (non-hydrogen) atoms. The summed E-state index contributed by atoms with van der Waals surface area (Å²) in [7, 11) is 1.64. The van der Waals surface area contributed by atoms with Crippen molar-refractivity contribution in [3.05, 3.63) is 29.8 Å². The molecule has 3 rings (SSSR count). The third-order valence-corrected chi connectivity index (χ3v) is 5.70. The van der Waals surface area contributed by atoms with Crippen LogP contribution in [-0.4, -0.2) is 54.2 Å². The van der Waals surface area contributed by atoms with Crippen LogP contribution in [0.5, 0.6) is 5.75 Å². The monoisotopic (exact) mass is 374 g/mol. The summed E-state index contributed by atoms with van der Waals surface area (Å²) in [6.45, 7) is 3.04. The van der Waals surface area contributed by atoms with Gasteiger partial charge in [-0.05, 0) is 55.2 Å². The summed E-state index contributed by atoms with van der Waals surface area (Å²) in [5, 5.41) is 12.2. The first-order valence-electron chi connectivity index (χ1n) is 9.83. The van der Waals surface area contributed by atoms with Crippen molar-refractivity contribution in [2.75, 3.05) is 20.2 Å². The van der Waals surface area contributed by atoms with Crippen molar-refractivity contribution in [2.45, 2.75) is 57.0 Å². The highest BCUT2D eigenvalue weighted by atomic mass is 16.5. The lowest BCUT2D eigenvalue weighted by molar-refractivity contribution is -0.140. The topological polar surface area (TPSA) is 78.9 Å². The molecule has 0 aliphatic heterocycles. The predicted octanol–water partition coefficient (Wildman–Crippen LogP) is 2.63. The molecule has 2 aliphatic carbocycles. The van der Waals surface area contributed by atoms with Crippen molar-refractivity contribution in [3.8, 4) is 5.75 Å². The first-order chi connectivity index (χ1) is 12.9. The van der Waals surface area contributed by atoms with Crippen molar-refractivity contribution < 1.29 is 19.4 Å². The zero-order valence-electron chi connectivity index (χ0n) is 16.2. The van der Waals surface area contributed by atoms with Gasteiger partial charge in [-0.25, -0.2) is 0 Å². The van der Waals surface area contributed by atoms with Gasteiger partial charge in [0, 0.05) is 25.0 Å². The number of nitrogens with zero attached hydrogens (tertiary/aromatic N) is 1. The third kappa shape index (κ3) is 5.70. The smallest absolute Gasteiger partial charge is 0.317 e. The van der Waals surface area contributed by atoms with Gasteiger partial charge >= 0.3 is 5.97 Å². The number of benzene rings is 1. The second-order valence-corrected chi connectivity index (χ2v) is 8.03. The number of amides is 1. The second-order valence-electron chi connectivity index (χ2n) is 8.03. The average Bonchev–Trinajstić information content (AvgIpc) is 3.41. The molecule has 1 aromatic carbocycles. The van der Waals surface area contributed by atoms with Gasteiger partial charge < -0.3 is 15.2 Å². The van der Waals surface area contributed by atoms with Crippen LogP contribution < -0.4 is 10.1 Å². The molecule has 1 atom stereocenters. The van der Waals surface area contributed by atoms with Crippen LogP contribution in [-0.2, 0) is 9.59 Å². The second kappa shape index (κ2) is 8.74. The lowest BCUT2D eigenvalue weighted by atomic mass is 9.84. The first kappa shape index (κ1) is 19.7. The van der Waals surface area contributed by atoms with Crippen molar-refractivity contribution >= 4 is 11.9 Å². The Hall–Kier alpha value is -2.08. The Kier molecular flexibility index (Phi) is 6.37. The Morgan fingerprint density at radius 1 is 1.26 bits per heavy atom. The van der Waals surface area contributed by atoms with E-state index in [1.807, 2.05) is 24.3 Å². The van der Waals surface area contributed by atoms with Gasteiger partial charge in [-0.1, -0.05) is 19.1 Å². The maximum atomic E-state index is 12.4. The van der Waals surface area contributed by atoms with Gasteiger partial charge in [-0.3, -0.25) is 14.5 Å². The number of carbonyl (C=O) groups excluding carboxylic acids is 1. The van der Waals surface area contributed by atoms with Crippen molar-refractivity contribution in [1.82, 2.24) is 10.2 Å². The van der Waals surface area contributed by atoms with E-state index in [4.69, 9.17) is 9.84 Å². The molecule has 148 valence electrons. The molecule has 2 N–H and O–H groups in total.